The van der Waals surface area contributed by atoms with Gasteiger partial charge in [-0.25, -0.2) is 0 Å². The van der Waals surface area contributed by atoms with Crippen LogP contribution in [-0.2, 0) is 4.79 Å². The lowest BCUT2D eigenvalue weighted by Gasteiger charge is -2.23. The summed E-state index contributed by atoms with van der Waals surface area (Å²) in [7, 11) is 0. The van der Waals surface area contributed by atoms with Crippen LogP contribution in [0.2, 0.25) is 0 Å². The predicted octanol–water partition coefficient (Wildman–Crippen LogP) is 5.82. The van der Waals surface area contributed by atoms with E-state index in [1.165, 1.54) is 23.9 Å². The highest BCUT2D eigenvalue weighted by Gasteiger charge is 2.36. The van der Waals surface area contributed by atoms with Gasteiger partial charge >= 0.3 is 0 Å². The minimum atomic E-state index is -0.452. The third-order valence-electron chi connectivity index (χ3n) is 4.73. The van der Waals surface area contributed by atoms with Gasteiger partial charge < -0.3 is 4.42 Å². The molecule has 0 saturated carbocycles. The molecular formula is C22H16N2O4S2. The maximum absolute atomic E-state index is 13.0. The van der Waals surface area contributed by atoms with Gasteiger partial charge in [-0.15, -0.1) is 0 Å². The molecule has 1 fully saturated rings. The lowest BCUT2D eigenvalue weighted by molar-refractivity contribution is -0.384. The molecule has 1 unspecified atom stereocenters. The zero-order valence-corrected chi connectivity index (χ0v) is 17.5. The summed E-state index contributed by atoms with van der Waals surface area (Å²) in [5.74, 6) is 0.789. The number of nitrogens with zero attached hydrogens (tertiary/aromatic N) is 2. The first-order chi connectivity index (χ1) is 14.4. The number of carbonyl (C=O) groups excluding carboxylic acids is 1. The second kappa shape index (κ2) is 8.25. The number of hydrogen-bond acceptors (Lipinski definition) is 6. The molecule has 1 aliphatic heterocycles. The smallest absolute Gasteiger partial charge is 0.270 e. The van der Waals surface area contributed by atoms with Crippen molar-refractivity contribution >= 4 is 46.0 Å². The number of thiocarbonyl (C=S) groups is 1. The Hall–Kier alpha value is -3.23. The molecule has 4 rings (SSSR count). The first-order valence-electron chi connectivity index (χ1n) is 9.11. The lowest BCUT2D eigenvalue weighted by Crippen LogP contribution is -2.30. The Morgan fingerprint density at radius 2 is 1.90 bits per heavy atom. The molecule has 30 heavy (non-hydrogen) atoms. The van der Waals surface area contributed by atoms with E-state index < -0.39 is 4.92 Å². The van der Waals surface area contributed by atoms with Gasteiger partial charge in [-0.05, 0) is 24.6 Å². The summed E-state index contributed by atoms with van der Waals surface area (Å²) in [4.78, 5) is 25.6. The van der Waals surface area contributed by atoms with Gasteiger partial charge in [0.15, 0.2) is 0 Å². The second-order valence-corrected chi connectivity index (χ2v) is 8.32. The van der Waals surface area contributed by atoms with Crippen LogP contribution in [0.4, 0.5) is 5.69 Å². The SMILES string of the molecule is CC(c1ccccc1)N1C(=O)/C(=C\c2ccc(-c3cccc([N+](=O)[O-])c3)o2)SC1=S. The number of carbonyl (C=O) groups is 1. The van der Waals surface area contributed by atoms with Gasteiger partial charge in [-0.2, -0.15) is 0 Å². The van der Waals surface area contributed by atoms with E-state index in [0.717, 1.165) is 5.56 Å². The molecule has 150 valence electrons. The molecule has 1 amide bonds. The van der Waals surface area contributed by atoms with Crippen LogP contribution in [0.5, 0.6) is 0 Å². The lowest BCUT2D eigenvalue weighted by atomic mass is 10.1. The molecule has 0 aliphatic carbocycles. The number of rotatable bonds is 5. The number of nitro groups is 1. The molecule has 8 heteroatoms. The molecule has 2 aromatic carbocycles. The van der Waals surface area contributed by atoms with E-state index in [4.69, 9.17) is 16.6 Å². The molecule has 1 aromatic heterocycles. The quantitative estimate of drug-likeness (QED) is 0.217. The fraction of sp³-hybridized carbons (Fsp3) is 0.0909. The van der Waals surface area contributed by atoms with Crippen LogP contribution in [0, 0.1) is 10.1 Å². The number of nitro benzene ring substituents is 1. The summed E-state index contributed by atoms with van der Waals surface area (Å²) in [5, 5.41) is 11.0. The summed E-state index contributed by atoms with van der Waals surface area (Å²) >= 11 is 6.67. The average molecular weight is 437 g/mol. The Balaban J connectivity index is 1.58. The molecule has 0 radical (unpaired) electrons. The molecule has 0 spiro atoms. The molecule has 1 atom stereocenters. The van der Waals surface area contributed by atoms with Crippen molar-refractivity contribution < 1.29 is 14.1 Å². The number of hydrogen-bond donors (Lipinski definition) is 0. The van der Waals surface area contributed by atoms with Crippen LogP contribution in [0.3, 0.4) is 0 Å². The zero-order valence-electron chi connectivity index (χ0n) is 15.8. The Labute approximate surface area is 182 Å². The molecule has 0 N–H and O–H groups in total. The number of benzene rings is 2. The monoisotopic (exact) mass is 436 g/mol. The topological polar surface area (TPSA) is 76.6 Å². The minimum Gasteiger partial charge on any atom is -0.457 e. The number of furan rings is 1. The Morgan fingerprint density at radius 1 is 1.13 bits per heavy atom. The van der Waals surface area contributed by atoms with Crippen molar-refractivity contribution in [2.75, 3.05) is 0 Å². The molecule has 0 bridgehead atoms. The van der Waals surface area contributed by atoms with E-state index in [9.17, 15) is 14.9 Å². The van der Waals surface area contributed by atoms with Crippen molar-refractivity contribution in [2.24, 2.45) is 0 Å². The van der Waals surface area contributed by atoms with Crippen LogP contribution >= 0.6 is 24.0 Å². The third kappa shape index (κ3) is 3.92. The average Bonchev–Trinajstić information content (AvgIpc) is 3.33. The standard InChI is InChI=1S/C22H16N2O4S2/c1-14(15-6-3-2-4-7-15)23-21(25)20(30-22(23)29)13-18-10-11-19(28-18)16-8-5-9-17(12-16)24(26)27/h2-14H,1H3/b20-13+. The fourth-order valence-corrected chi connectivity index (χ4v) is 4.58. The molecule has 3 aromatic rings. The van der Waals surface area contributed by atoms with E-state index >= 15 is 0 Å². The van der Waals surface area contributed by atoms with Gasteiger partial charge in [0.05, 0.1) is 15.9 Å². The van der Waals surface area contributed by atoms with Crippen LogP contribution < -0.4 is 0 Å². The van der Waals surface area contributed by atoms with Crippen LogP contribution in [-0.4, -0.2) is 20.1 Å². The van der Waals surface area contributed by atoms with Crippen LogP contribution in [0.15, 0.2) is 76.1 Å². The van der Waals surface area contributed by atoms with Crippen molar-refractivity contribution in [3.8, 4) is 11.3 Å². The molecule has 2 heterocycles. The van der Waals surface area contributed by atoms with Gasteiger partial charge in [0.1, 0.15) is 15.8 Å². The molecule has 1 aliphatic rings. The van der Waals surface area contributed by atoms with Crippen molar-refractivity contribution in [1.29, 1.82) is 0 Å². The second-order valence-electron chi connectivity index (χ2n) is 6.65. The minimum absolute atomic E-state index is 0.0128. The van der Waals surface area contributed by atoms with Crippen molar-refractivity contribution in [3.63, 3.8) is 0 Å². The first kappa shape index (κ1) is 20.1. The van der Waals surface area contributed by atoms with Gasteiger partial charge in [0.25, 0.3) is 11.6 Å². The summed E-state index contributed by atoms with van der Waals surface area (Å²) in [6, 6.07) is 19.2. The third-order valence-corrected chi connectivity index (χ3v) is 6.06. The highest BCUT2D eigenvalue weighted by molar-refractivity contribution is 8.26. The molecular weight excluding hydrogens is 420 g/mol. The van der Waals surface area contributed by atoms with Crippen LogP contribution in [0.1, 0.15) is 24.3 Å². The van der Waals surface area contributed by atoms with Crippen LogP contribution in [0.25, 0.3) is 17.4 Å². The van der Waals surface area contributed by atoms with E-state index in [0.29, 0.717) is 26.3 Å². The summed E-state index contributed by atoms with van der Waals surface area (Å²) in [5.41, 5.74) is 1.58. The van der Waals surface area contributed by atoms with E-state index in [-0.39, 0.29) is 17.6 Å². The number of amides is 1. The van der Waals surface area contributed by atoms with E-state index in [1.807, 2.05) is 37.3 Å². The van der Waals surface area contributed by atoms with Crippen molar-refractivity contribution in [3.05, 3.63) is 93.1 Å². The summed E-state index contributed by atoms with van der Waals surface area (Å²) in [6.07, 6.45) is 1.65. The van der Waals surface area contributed by atoms with E-state index in [2.05, 4.69) is 0 Å². The fourth-order valence-electron chi connectivity index (χ4n) is 3.18. The van der Waals surface area contributed by atoms with E-state index in [1.54, 1.807) is 35.2 Å². The van der Waals surface area contributed by atoms with Gasteiger partial charge in [-0.1, -0.05) is 66.4 Å². The Kier molecular flexibility index (Phi) is 5.52. The predicted molar refractivity (Wildman–Crippen MR) is 121 cm³/mol. The largest absolute Gasteiger partial charge is 0.457 e. The Bertz CT molecular complexity index is 1170. The maximum atomic E-state index is 13.0. The summed E-state index contributed by atoms with van der Waals surface area (Å²) in [6.45, 7) is 1.94. The van der Waals surface area contributed by atoms with Gasteiger partial charge in [-0.3, -0.25) is 19.8 Å². The van der Waals surface area contributed by atoms with Gasteiger partial charge in [0, 0.05) is 23.8 Å². The summed E-state index contributed by atoms with van der Waals surface area (Å²) < 4.78 is 6.30. The molecule has 1 saturated heterocycles. The Morgan fingerprint density at radius 3 is 2.63 bits per heavy atom. The highest BCUT2D eigenvalue weighted by atomic mass is 32.2. The maximum Gasteiger partial charge on any atom is 0.270 e. The zero-order chi connectivity index (χ0) is 21.3. The van der Waals surface area contributed by atoms with Gasteiger partial charge in [0.2, 0.25) is 0 Å². The first-order valence-corrected chi connectivity index (χ1v) is 10.3. The molecule has 6 nitrogen and oxygen atoms in total. The number of thioether (sulfide) groups is 1. The normalized spacial score (nSPS) is 16.3. The van der Waals surface area contributed by atoms with Crippen molar-refractivity contribution in [1.82, 2.24) is 4.90 Å². The number of non-ortho nitro benzene ring substituents is 1. The highest BCUT2D eigenvalue weighted by Crippen LogP contribution is 2.38. The van der Waals surface area contributed by atoms with Crippen molar-refractivity contribution in [2.45, 2.75) is 13.0 Å².